The zero-order chi connectivity index (χ0) is 22.6. The van der Waals surface area contributed by atoms with Crippen LogP contribution in [0.4, 0.5) is 5.69 Å². The largest absolute Gasteiger partial charge is 0.456 e. The molecule has 1 aromatic heterocycles. The predicted octanol–water partition coefficient (Wildman–Crippen LogP) is 3.31. The number of carbonyl (C=O) groups excluding carboxylic acids is 2. The SMILES string of the molecule is CN(C)S(=O)(=O)c1ccc(Cl)c(NC(=O)COC(=O)CCc2nc3ccccc3s2)c1. The van der Waals surface area contributed by atoms with E-state index in [9.17, 15) is 18.0 Å². The first-order valence-electron chi connectivity index (χ1n) is 9.19. The molecule has 3 rings (SSSR count). The molecule has 164 valence electrons. The molecule has 11 heteroatoms. The van der Waals surface area contributed by atoms with Gasteiger partial charge in [-0.05, 0) is 30.3 Å². The van der Waals surface area contributed by atoms with Gasteiger partial charge in [-0.2, -0.15) is 0 Å². The number of amides is 1. The first kappa shape index (κ1) is 23.1. The van der Waals surface area contributed by atoms with Crippen LogP contribution in [-0.2, 0) is 30.8 Å². The lowest BCUT2D eigenvalue weighted by molar-refractivity contribution is -0.147. The highest BCUT2D eigenvalue weighted by atomic mass is 35.5. The molecule has 0 bridgehead atoms. The van der Waals surface area contributed by atoms with Crippen LogP contribution in [-0.4, -0.2) is 50.3 Å². The molecule has 0 spiro atoms. The molecule has 0 saturated heterocycles. The molecule has 0 aliphatic carbocycles. The second-order valence-electron chi connectivity index (χ2n) is 6.71. The van der Waals surface area contributed by atoms with Crippen molar-refractivity contribution < 1.29 is 22.7 Å². The van der Waals surface area contributed by atoms with E-state index in [0.717, 1.165) is 19.5 Å². The normalized spacial score (nSPS) is 11.6. The predicted molar refractivity (Wildman–Crippen MR) is 120 cm³/mol. The van der Waals surface area contributed by atoms with E-state index in [0.29, 0.717) is 6.42 Å². The fourth-order valence-electron chi connectivity index (χ4n) is 2.61. The molecule has 0 atom stereocenters. The molecule has 0 fully saturated rings. The minimum Gasteiger partial charge on any atom is -0.456 e. The number of thiazole rings is 1. The number of nitrogens with one attached hydrogen (secondary N) is 1. The van der Waals surface area contributed by atoms with E-state index in [1.165, 1.54) is 43.6 Å². The third kappa shape index (κ3) is 5.79. The number of esters is 1. The van der Waals surface area contributed by atoms with Crippen molar-refractivity contribution in [2.24, 2.45) is 0 Å². The van der Waals surface area contributed by atoms with Gasteiger partial charge in [0.2, 0.25) is 10.0 Å². The highest BCUT2D eigenvalue weighted by molar-refractivity contribution is 7.89. The summed E-state index contributed by atoms with van der Waals surface area (Å²) in [7, 11) is -0.891. The first-order valence-corrected chi connectivity index (χ1v) is 11.8. The van der Waals surface area contributed by atoms with E-state index in [2.05, 4.69) is 10.3 Å². The maximum Gasteiger partial charge on any atom is 0.306 e. The number of sulfonamides is 1. The number of hydrogen-bond acceptors (Lipinski definition) is 7. The Bertz CT molecular complexity index is 1190. The van der Waals surface area contributed by atoms with Gasteiger partial charge >= 0.3 is 5.97 Å². The topological polar surface area (TPSA) is 106 Å². The summed E-state index contributed by atoms with van der Waals surface area (Å²) in [4.78, 5) is 28.5. The number of rotatable bonds is 8. The van der Waals surface area contributed by atoms with Crippen LogP contribution in [0.15, 0.2) is 47.4 Å². The van der Waals surface area contributed by atoms with Crippen molar-refractivity contribution in [3.63, 3.8) is 0 Å². The van der Waals surface area contributed by atoms with Gasteiger partial charge < -0.3 is 10.1 Å². The highest BCUT2D eigenvalue weighted by Gasteiger charge is 2.19. The minimum absolute atomic E-state index is 0.0231. The van der Waals surface area contributed by atoms with E-state index in [1.54, 1.807) is 0 Å². The van der Waals surface area contributed by atoms with Gasteiger partial charge in [0.25, 0.3) is 5.91 Å². The number of nitrogens with zero attached hydrogens (tertiary/aromatic N) is 2. The molecule has 0 saturated carbocycles. The Morgan fingerprint density at radius 1 is 1.19 bits per heavy atom. The van der Waals surface area contributed by atoms with Gasteiger partial charge in [0.05, 0.1) is 37.3 Å². The van der Waals surface area contributed by atoms with E-state index >= 15 is 0 Å². The molecule has 31 heavy (non-hydrogen) atoms. The van der Waals surface area contributed by atoms with Crippen LogP contribution in [0.3, 0.4) is 0 Å². The number of halogens is 1. The van der Waals surface area contributed by atoms with E-state index < -0.39 is 28.5 Å². The number of aromatic nitrogens is 1. The average molecular weight is 482 g/mol. The van der Waals surface area contributed by atoms with E-state index in [4.69, 9.17) is 16.3 Å². The first-order chi connectivity index (χ1) is 14.7. The maximum atomic E-state index is 12.2. The van der Waals surface area contributed by atoms with Crippen molar-refractivity contribution in [1.29, 1.82) is 0 Å². The van der Waals surface area contributed by atoms with Gasteiger partial charge in [-0.25, -0.2) is 17.7 Å². The van der Waals surface area contributed by atoms with Gasteiger partial charge in [-0.1, -0.05) is 23.7 Å². The second-order valence-corrected chi connectivity index (χ2v) is 10.4. The number of para-hydroxylation sites is 1. The highest BCUT2D eigenvalue weighted by Crippen LogP contribution is 2.26. The number of ether oxygens (including phenoxy) is 1. The van der Waals surface area contributed by atoms with Crippen LogP contribution in [0.5, 0.6) is 0 Å². The minimum atomic E-state index is -3.69. The smallest absolute Gasteiger partial charge is 0.306 e. The zero-order valence-corrected chi connectivity index (χ0v) is 19.2. The molecular formula is C20H20ClN3O5S2. The fraction of sp³-hybridized carbons (Fsp3) is 0.250. The van der Waals surface area contributed by atoms with Crippen molar-refractivity contribution in [3.8, 4) is 0 Å². The molecule has 8 nitrogen and oxygen atoms in total. The number of aryl methyl sites for hydroxylation is 1. The van der Waals surface area contributed by atoms with Crippen molar-refractivity contribution in [2.75, 3.05) is 26.0 Å². The molecule has 1 N–H and O–H groups in total. The molecule has 1 amide bonds. The quantitative estimate of drug-likeness (QED) is 0.495. The third-order valence-corrected chi connectivity index (χ3v) is 7.47. The van der Waals surface area contributed by atoms with Crippen molar-refractivity contribution in [3.05, 3.63) is 52.5 Å². The Balaban J connectivity index is 1.53. The van der Waals surface area contributed by atoms with Crippen LogP contribution in [0, 0.1) is 0 Å². The summed E-state index contributed by atoms with van der Waals surface area (Å²) in [6, 6.07) is 11.7. The summed E-state index contributed by atoms with van der Waals surface area (Å²) in [5, 5.41) is 3.44. The zero-order valence-electron chi connectivity index (χ0n) is 16.8. The monoisotopic (exact) mass is 481 g/mol. The summed E-state index contributed by atoms with van der Waals surface area (Å²) >= 11 is 7.55. The Hall–Kier alpha value is -2.53. The van der Waals surface area contributed by atoms with E-state index in [-0.39, 0.29) is 22.0 Å². The van der Waals surface area contributed by atoms with Gasteiger partial charge in [-0.15, -0.1) is 11.3 Å². The molecule has 0 radical (unpaired) electrons. The lowest BCUT2D eigenvalue weighted by Crippen LogP contribution is -2.23. The average Bonchev–Trinajstić information content (AvgIpc) is 3.15. The number of fused-ring (bicyclic) bond motifs is 1. The fourth-order valence-corrected chi connectivity index (χ4v) is 4.67. The number of carbonyl (C=O) groups is 2. The lowest BCUT2D eigenvalue weighted by Gasteiger charge is -2.14. The summed E-state index contributed by atoms with van der Waals surface area (Å²) < 4.78 is 31.6. The standard InChI is InChI=1S/C20H20ClN3O5S2/c1-24(2)31(27,28)13-7-8-14(21)16(11-13)22-18(25)12-29-20(26)10-9-19-23-15-5-3-4-6-17(15)30-19/h3-8,11H,9-10,12H2,1-2H3,(H,22,25). The summed E-state index contributed by atoms with van der Waals surface area (Å²) in [6.45, 7) is -0.514. The van der Waals surface area contributed by atoms with Crippen LogP contribution in [0.1, 0.15) is 11.4 Å². The Morgan fingerprint density at radius 3 is 2.65 bits per heavy atom. The Morgan fingerprint density at radius 2 is 1.94 bits per heavy atom. The number of benzene rings is 2. The summed E-state index contributed by atoms with van der Waals surface area (Å²) in [5.41, 5.74) is 0.991. The van der Waals surface area contributed by atoms with Crippen molar-refractivity contribution in [1.82, 2.24) is 9.29 Å². The van der Waals surface area contributed by atoms with Crippen LogP contribution < -0.4 is 5.32 Å². The van der Waals surface area contributed by atoms with Gasteiger partial charge in [-0.3, -0.25) is 9.59 Å². The van der Waals surface area contributed by atoms with Crippen LogP contribution in [0.2, 0.25) is 5.02 Å². The van der Waals surface area contributed by atoms with Crippen LogP contribution >= 0.6 is 22.9 Å². The maximum absolute atomic E-state index is 12.2. The molecule has 0 unspecified atom stereocenters. The van der Waals surface area contributed by atoms with Gasteiger partial charge in [0.15, 0.2) is 6.61 Å². The van der Waals surface area contributed by atoms with Crippen molar-refractivity contribution >= 4 is 60.7 Å². The number of hydrogen-bond donors (Lipinski definition) is 1. The second kappa shape index (κ2) is 9.73. The summed E-state index contributed by atoms with van der Waals surface area (Å²) in [5.74, 6) is -1.17. The van der Waals surface area contributed by atoms with Crippen LogP contribution in [0.25, 0.3) is 10.2 Å². The lowest BCUT2D eigenvalue weighted by atomic mass is 10.3. The Kier molecular flexibility index (Phi) is 7.26. The molecule has 0 aliphatic heterocycles. The molecule has 2 aromatic carbocycles. The molecule has 1 heterocycles. The molecular weight excluding hydrogens is 462 g/mol. The summed E-state index contributed by atoms with van der Waals surface area (Å²) in [6.07, 6.45) is 0.500. The van der Waals surface area contributed by atoms with Crippen molar-refractivity contribution in [2.45, 2.75) is 17.7 Å². The molecule has 0 aliphatic rings. The van der Waals surface area contributed by atoms with Gasteiger partial charge in [0.1, 0.15) is 0 Å². The van der Waals surface area contributed by atoms with E-state index in [1.807, 2.05) is 24.3 Å². The van der Waals surface area contributed by atoms with Gasteiger partial charge in [0, 0.05) is 20.5 Å². The third-order valence-electron chi connectivity index (χ3n) is 4.24. The Labute approximate surface area is 188 Å². The number of anilines is 1. The molecule has 3 aromatic rings.